The van der Waals surface area contributed by atoms with Gasteiger partial charge in [-0.25, -0.2) is 0 Å². The zero-order chi connectivity index (χ0) is 6.69. The van der Waals surface area contributed by atoms with E-state index < -0.39 is 6.23 Å². The second-order valence-electron chi connectivity index (χ2n) is 1.71. The van der Waals surface area contributed by atoms with Gasteiger partial charge in [0.1, 0.15) is 6.23 Å². The number of hydrogen-bond acceptors (Lipinski definition) is 3. The van der Waals surface area contributed by atoms with Gasteiger partial charge in [-0.3, -0.25) is 5.32 Å². The number of rotatable bonds is 2. The lowest BCUT2D eigenvalue weighted by molar-refractivity contribution is 0.153. The predicted octanol–water partition coefficient (Wildman–Crippen LogP) is 0.958. The van der Waals surface area contributed by atoms with Crippen molar-refractivity contribution in [2.45, 2.75) is 6.23 Å². The molecule has 0 aliphatic carbocycles. The monoisotopic (exact) mass is 143 g/mol. The van der Waals surface area contributed by atoms with E-state index in [2.05, 4.69) is 5.32 Å². The highest BCUT2D eigenvalue weighted by molar-refractivity contribution is 7.10. The van der Waals surface area contributed by atoms with Gasteiger partial charge in [0, 0.05) is 4.88 Å². The van der Waals surface area contributed by atoms with E-state index in [0.717, 1.165) is 4.88 Å². The number of nitrogens with one attached hydrogen (secondary N) is 1. The molecule has 0 bridgehead atoms. The van der Waals surface area contributed by atoms with Crippen LogP contribution in [-0.2, 0) is 0 Å². The van der Waals surface area contributed by atoms with Crippen molar-refractivity contribution in [3.8, 4) is 0 Å². The van der Waals surface area contributed by atoms with Crippen LogP contribution in [0.5, 0.6) is 0 Å². The van der Waals surface area contributed by atoms with Crippen LogP contribution in [0.25, 0.3) is 0 Å². The third-order valence-electron chi connectivity index (χ3n) is 1.09. The van der Waals surface area contributed by atoms with Crippen LogP contribution in [0, 0.1) is 0 Å². The Morgan fingerprint density at radius 3 is 3.00 bits per heavy atom. The van der Waals surface area contributed by atoms with E-state index in [4.69, 9.17) is 5.11 Å². The lowest BCUT2D eigenvalue weighted by Crippen LogP contribution is -2.13. The van der Waals surface area contributed by atoms with E-state index in [-0.39, 0.29) is 0 Å². The molecule has 2 N–H and O–H groups in total. The highest BCUT2D eigenvalue weighted by Gasteiger charge is 2.02. The number of thiophene rings is 1. The minimum atomic E-state index is -0.495. The van der Waals surface area contributed by atoms with E-state index in [1.54, 1.807) is 18.4 Å². The molecule has 1 rings (SSSR count). The van der Waals surface area contributed by atoms with Gasteiger partial charge in [0.15, 0.2) is 0 Å². The van der Waals surface area contributed by atoms with Gasteiger partial charge in [-0.1, -0.05) is 6.07 Å². The minimum Gasteiger partial charge on any atom is -0.373 e. The smallest absolute Gasteiger partial charge is 0.140 e. The van der Waals surface area contributed by atoms with Crippen LogP contribution in [0.4, 0.5) is 0 Å². The summed E-state index contributed by atoms with van der Waals surface area (Å²) in [6.07, 6.45) is -0.495. The molecule has 1 aromatic heterocycles. The molecule has 0 amide bonds. The summed E-state index contributed by atoms with van der Waals surface area (Å²) in [5.74, 6) is 0. The van der Waals surface area contributed by atoms with Crippen LogP contribution in [0.2, 0.25) is 0 Å². The van der Waals surface area contributed by atoms with Gasteiger partial charge in [-0.05, 0) is 18.5 Å². The van der Waals surface area contributed by atoms with Crippen LogP contribution in [0.3, 0.4) is 0 Å². The lowest BCUT2D eigenvalue weighted by atomic mass is 10.4. The standard InChI is InChI=1S/C6H9NOS/c1-7-6(8)5-3-2-4-9-5/h2-4,6-8H,1H3. The first-order chi connectivity index (χ1) is 4.34. The molecule has 0 radical (unpaired) electrons. The second kappa shape index (κ2) is 2.96. The summed E-state index contributed by atoms with van der Waals surface area (Å²) in [5, 5.41) is 13.8. The summed E-state index contributed by atoms with van der Waals surface area (Å²) in [4.78, 5) is 0.956. The summed E-state index contributed by atoms with van der Waals surface area (Å²) in [6, 6.07) is 3.81. The van der Waals surface area contributed by atoms with Crippen molar-refractivity contribution in [1.29, 1.82) is 0 Å². The van der Waals surface area contributed by atoms with Gasteiger partial charge in [0.2, 0.25) is 0 Å². The molecule has 3 heteroatoms. The van der Waals surface area contributed by atoms with E-state index in [1.165, 1.54) is 0 Å². The Labute approximate surface area is 58.1 Å². The zero-order valence-corrected chi connectivity index (χ0v) is 5.98. The minimum absolute atomic E-state index is 0.495. The quantitative estimate of drug-likeness (QED) is 0.604. The molecule has 0 spiro atoms. The average Bonchev–Trinajstić information content (AvgIpc) is 2.37. The Morgan fingerprint density at radius 2 is 2.56 bits per heavy atom. The maximum Gasteiger partial charge on any atom is 0.140 e. The Bertz CT molecular complexity index is 162. The number of aliphatic hydroxyl groups excluding tert-OH is 1. The molecule has 0 aromatic carbocycles. The largest absolute Gasteiger partial charge is 0.373 e. The van der Waals surface area contributed by atoms with Gasteiger partial charge < -0.3 is 5.11 Å². The molecule has 0 fully saturated rings. The van der Waals surface area contributed by atoms with E-state index in [1.807, 2.05) is 17.5 Å². The fourth-order valence-electron chi connectivity index (χ4n) is 0.589. The highest BCUT2D eigenvalue weighted by Crippen LogP contribution is 2.14. The van der Waals surface area contributed by atoms with Crippen molar-refractivity contribution in [1.82, 2.24) is 5.32 Å². The molecule has 9 heavy (non-hydrogen) atoms. The molecular weight excluding hydrogens is 134 g/mol. The van der Waals surface area contributed by atoms with Crippen molar-refractivity contribution >= 4 is 11.3 Å². The Kier molecular flexibility index (Phi) is 2.22. The number of aliphatic hydroxyl groups is 1. The van der Waals surface area contributed by atoms with Crippen LogP contribution in [-0.4, -0.2) is 12.2 Å². The summed E-state index contributed by atoms with van der Waals surface area (Å²) in [6.45, 7) is 0. The summed E-state index contributed by atoms with van der Waals surface area (Å²) in [7, 11) is 1.73. The van der Waals surface area contributed by atoms with Crippen LogP contribution >= 0.6 is 11.3 Å². The third kappa shape index (κ3) is 1.51. The topological polar surface area (TPSA) is 32.3 Å². The van der Waals surface area contributed by atoms with Crippen molar-refractivity contribution in [2.75, 3.05) is 7.05 Å². The van der Waals surface area contributed by atoms with E-state index in [9.17, 15) is 0 Å². The van der Waals surface area contributed by atoms with Gasteiger partial charge in [-0.2, -0.15) is 0 Å². The first-order valence-electron chi connectivity index (χ1n) is 2.73. The molecule has 1 heterocycles. The molecule has 0 saturated heterocycles. The third-order valence-corrected chi connectivity index (χ3v) is 2.01. The second-order valence-corrected chi connectivity index (χ2v) is 2.69. The van der Waals surface area contributed by atoms with Crippen LogP contribution in [0.15, 0.2) is 17.5 Å². The summed E-state index contributed by atoms with van der Waals surface area (Å²) >= 11 is 1.54. The lowest BCUT2D eigenvalue weighted by Gasteiger charge is -2.03. The van der Waals surface area contributed by atoms with Crippen LogP contribution < -0.4 is 5.32 Å². The Hall–Kier alpha value is -0.380. The van der Waals surface area contributed by atoms with Crippen molar-refractivity contribution in [3.63, 3.8) is 0 Å². The first kappa shape index (κ1) is 6.74. The maximum absolute atomic E-state index is 9.12. The van der Waals surface area contributed by atoms with Gasteiger partial charge >= 0.3 is 0 Å². The van der Waals surface area contributed by atoms with Gasteiger partial charge in [-0.15, -0.1) is 11.3 Å². The van der Waals surface area contributed by atoms with E-state index >= 15 is 0 Å². The molecular formula is C6H9NOS. The Morgan fingerprint density at radius 1 is 1.78 bits per heavy atom. The van der Waals surface area contributed by atoms with E-state index in [0.29, 0.717) is 0 Å². The molecule has 0 saturated carbocycles. The predicted molar refractivity (Wildman–Crippen MR) is 38.3 cm³/mol. The molecule has 1 unspecified atom stereocenters. The van der Waals surface area contributed by atoms with Gasteiger partial charge in [0.05, 0.1) is 0 Å². The molecule has 0 aliphatic heterocycles. The average molecular weight is 143 g/mol. The fourth-order valence-corrected chi connectivity index (χ4v) is 1.31. The van der Waals surface area contributed by atoms with Gasteiger partial charge in [0.25, 0.3) is 0 Å². The molecule has 0 aliphatic rings. The van der Waals surface area contributed by atoms with Crippen molar-refractivity contribution in [2.24, 2.45) is 0 Å². The molecule has 1 aromatic rings. The molecule has 2 nitrogen and oxygen atoms in total. The molecule has 1 atom stereocenters. The molecule has 50 valence electrons. The van der Waals surface area contributed by atoms with Crippen molar-refractivity contribution < 1.29 is 5.11 Å². The zero-order valence-electron chi connectivity index (χ0n) is 5.16. The SMILES string of the molecule is CNC(O)c1cccs1. The highest BCUT2D eigenvalue weighted by atomic mass is 32.1. The Balaban J connectivity index is 2.65. The maximum atomic E-state index is 9.12. The number of hydrogen-bond donors (Lipinski definition) is 2. The fraction of sp³-hybridized carbons (Fsp3) is 0.333. The normalized spacial score (nSPS) is 13.6. The summed E-state index contributed by atoms with van der Waals surface area (Å²) < 4.78 is 0. The van der Waals surface area contributed by atoms with Crippen LogP contribution in [0.1, 0.15) is 11.1 Å². The van der Waals surface area contributed by atoms with Crippen molar-refractivity contribution in [3.05, 3.63) is 22.4 Å². The summed E-state index contributed by atoms with van der Waals surface area (Å²) in [5.41, 5.74) is 0. The first-order valence-corrected chi connectivity index (χ1v) is 3.61.